The number of aromatic nitrogens is 1. The molecule has 0 spiro atoms. The smallest absolute Gasteiger partial charge is 0.0702 e. The average molecular weight is 268 g/mol. The minimum Gasteiger partial charge on any atom is -0.314 e. The molecule has 1 saturated carbocycles. The van der Waals surface area contributed by atoms with Crippen molar-refractivity contribution in [3.05, 3.63) is 42.1 Å². The second-order valence-electron chi connectivity index (χ2n) is 6.32. The van der Waals surface area contributed by atoms with E-state index in [0.717, 1.165) is 18.0 Å². The van der Waals surface area contributed by atoms with Crippen LogP contribution in [-0.4, -0.2) is 17.6 Å². The fourth-order valence-corrected chi connectivity index (χ4v) is 3.43. The molecule has 1 N–H and O–H groups in total. The van der Waals surface area contributed by atoms with E-state index in [1.54, 1.807) is 0 Å². The summed E-state index contributed by atoms with van der Waals surface area (Å²) in [6, 6.07) is 11.6. The van der Waals surface area contributed by atoms with Crippen LogP contribution >= 0.6 is 0 Å². The number of hydrogen-bond acceptors (Lipinski definition) is 2. The molecule has 0 amide bonds. The molecule has 2 atom stereocenters. The zero-order chi connectivity index (χ0) is 13.9. The van der Waals surface area contributed by atoms with Crippen LogP contribution in [0.3, 0.4) is 0 Å². The summed E-state index contributed by atoms with van der Waals surface area (Å²) in [4.78, 5) is 4.42. The minimum atomic E-state index is 0.581. The number of benzene rings is 1. The van der Waals surface area contributed by atoms with Gasteiger partial charge in [0.1, 0.15) is 0 Å². The third-order valence-electron chi connectivity index (χ3n) is 4.50. The Morgan fingerprint density at radius 1 is 1.25 bits per heavy atom. The number of nitrogens with zero attached hydrogens (tertiary/aromatic N) is 1. The van der Waals surface area contributed by atoms with E-state index in [-0.39, 0.29) is 0 Å². The maximum Gasteiger partial charge on any atom is 0.0702 e. The quantitative estimate of drug-likeness (QED) is 0.902. The molecule has 0 radical (unpaired) electrons. The fourth-order valence-electron chi connectivity index (χ4n) is 3.43. The number of pyridine rings is 1. The van der Waals surface area contributed by atoms with Crippen LogP contribution < -0.4 is 5.32 Å². The summed E-state index contributed by atoms with van der Waals surface area (Å²) < 4.78 is 0. The van der Waals surface area contributed by atoms with Gasteiger partial charge in [-0.15, -0.1) is 0 Å². The van der Waals surface area contributed by atoms with Gasteiger partial charge >= 0.3 is 0 Å². The number of fused-ring (bicyclic) bond motifs is 1. The van der Waals surface area contributed by atoms with Gasteiger partial charge in [0.2, 0.25) is 0 Å². The van der Waals surface area contributed by atoms with Gasteiger partial charge in [-0.3, -0.25) is 4.98 Å². The van der Waals surface area contributed by atoms with Crippen molar-refractivity contribution >= 4 is 10.9 Å². The lowest BCUT2D eigenvalue weighted by molar-refractivity contribution is 0.423. The molecule has 0 aliphatic heterocycles. The van der Waals surface area contributed by atoms with Crippen LogP contribution in [0.2, 0.25) is 0 Å². The predicted octanol–water partition coefficient (Wildman–Crippen LogP) is 4.12. The number of hydrogen-bond donors (Lipinski definition) is 1. The molecule has 20 heavy (non-hydrogen) atoms. The van der Waals surface area contributed by atoms with Crippen LogP contribution in [0.1, 0.15) is 44.6 Å². The Morgan fingerprint density at radius 2 is 2.15 bits per heavy atom. The zero-order valence-corrected chi connectivity index (χ0v) is 12.5. The molecule has 2 aromatic rings. The van der Waals surface area contributed by atoms with Crippen molar-refractivity contribution in [1.29, 1.82) is 0 Å². The molecule has 2 heteroatoms. The van der Waals surface area contributed by atoms with Crippen molar-refractivity contribution in [3.63, 3.8) is 0 Å². The second-order valence-corrected chi connectivity index (χ2v) is 6.32. The Kier molecular flexibility index (Phi) is 4.02. The molecule has 1 aromatic heterocycles. The van der Waals surface area contributed by atoms with Crippen LogP contribution in [0.15, 0.2) is 36.5 Å². The maximum absolute atomic E-state index is 4.42. The number of rotatable bonds is 4. The van der Waals surface area contributed by atoms with Crippen molar-refractivity contribution in [1.82, 2.24) is 10.3 Å². The highest BCUT2D eigenvalue weighted by molar-refractivity contribution is 5.79. The van der Waals surface area contributed by atoms with Gasteiger partial charge in [0.25, 0.3) is 0 Å². The van der Waals surface area contributed by atoms with Gasteiger partial charge in [-0.05, 0) is 55.0 Å². The van der Waals surface area contributed by atoms with E-state index < -0.39 is 0 Å². The molecule has 1 aliphatic rings. The summed E-state index contributed by atoms with van der Waals surface area (Å²) >= 11 is 0. The standard InChI is InChI=1S/C18H24N2/c1-13(2)20-12-16-5-3-7-17(16)14-8-9-18-15(11-14)6-4-10-19-18/h4,6,8-11,13,16-17,20H,3,5,7,12H2,1-2H3. The molecule has 106 valence electrons. The van der Waals surface area contributed by atoms with Crippen LogP contribution in [0.25, 0.3) is 10.9 Å². The van der Waals surface area contributed by atoms with E-state index in [1.165, 1.54) is 30.2 Å². The first kappa shape index (κ1) is 13.6. The Balaban J connectivity index is 1.81. The van der Waals surface area contributed by atoms with Crippen LogP contribution in [-0.2, 0) is 0 Å². The van der Waals surface area contributed by atoms with E-state index in [0.29, 0.717) is 12.0 Å². The molecule has 1 heterocycles. The first-order valence-electron chi connectivity index (χ1n) is 7.82. The van der Waals surface area contributed by atoms with Gasteiger partial charge in [0.15, 0.2) is 0 Å². The third-order valence-corrected chi connectivity index (χ3v) is 4.50. The monoisotopic (exact) mass is 268 g/mol. The van der Waals surface area contributed by atoms with Gasteiger partial charge in [0.05, 0.1) is 5.52 Å². The Bertz CT molecular complexity index is 576. The number of nitrogens with one attached hydrogen (secondary N) is 1. The highest BCUT2D eigenvalue weighted by Crippen LogP contribution is 2.39. The first-order chi connectivity index (χ1) is 9.74. The molecule has 1 aliphatic carbocycles. The highest BCUT2D eigenvalue weighted by Gasteiger charge is 2.28. The topological polar surface area (TPSA) is 24.9 Å². The SMILES string of the molecule is CC(C)NCC1CCCC1c1ccc2ncccc2c1. The summed E-state index contributed by atoms with van der Waals surface area (Å²) in [5.74, 6) is 1.50. The summed E-state index contributed by atoms with van der Waals surface area (Å²) in [6.45, 7) is 5.60. The largest absolute Gasteiger partial charge is 0.314 e. The molecule has 1 fully saturated rings. The molecule has 2 nitrogen and oxygen atoms in total. The van der Waals surface area contributed by atoms with Crippen molar-refractivity contribution < 1.29 is 0 Å². The van der Waals surface area contributed by atoms with Crippen molar-refractivity contribution in [2.24, 2.45) is 5.92 Å². The van der Waals surface area contributed by atoms with Gasteiger partial charge < -0.3 is 5.32 Å². The van der Waals surface area contributed by atoms with Gasteiger partial charge in [-0.2, -0.15) is 0 Å². The van der Waals surface area contributed by atoms with Gasteiger partial charge in [0, 0.05) is 17.6 Å². The van der Waals surface area contributed by atoms with Crippen LogP contribution in [0, 0.1) is 5.92 Å². The summed E-state index contributed by atoms with van der Waals surface area (Å²) in [5.41, 5.74) is 2.60. The first-order valence-corrected chi connectivity index (χ1v) is 7.82. The van der Waals surface area contributed by atoms with Crippen LogP contribution in [0.4, 0.5) is 0 Å². The predicted molar refractivity (Wildman–Crippen MR) is 85.0 cm³/mol. The molecule has 1 aromatic carbocycles. The lowest BCUT2D eigenvalue weighted by Crippen LogP contribution is -2.30. The summed E-state index contributed by atoms with van der Waals surface area (Å²) in [7, 11) is 0. The van der Waals surface area contributed by atoms with Crippen molar-refractivity contribution in [3.8, 4) is 0 Å². The molecule has 0 saturated heterocycles. The molecule has 2 unspecified atom stereocenters. The third kappa shape index (κ3) is 2.85. The van der Waals surface area contributed by atoms with Crippen LogP contribution in [0.5, 0.6) is 0 Å². The summed E-state index contributed by atoms with van der Waals surface area (Å²) in [5, 5.41) is 4.88. The Hall–Kier alpha value is -1.41. The molecular weight excluding hydrogens is 244 g/mol. The lowest BCUT2D eigenvalue weighted by Gasteiger charge is -2.22. The summed E-state index contributed by atoms with van der Waals surface area (Å²) in [6.07, 6.45) is 5.92. The van der Waals surface area contributed by atoms with Gasteiger partial charge in [-0.1, -0.05) is 32.4 Å². The molecule has 0 bridgehead atoms. The van der Waals surface area contributed by atoms with E-state index in [4.69, 9.17) is 0 Å². The van der Waals surface area contributed by atoms with E-state index in [2.05, 4.69) is 48.4 Å². The molecular formula is C18H24N2. The zero-order valence-electron chi connectivity index (χ0n) is 12.5. The minimum absolute atomic E-state index is 0.581. The fraction of sp³-hybridized carbons (Fsp3) is 0.500. The highest BCUT2D eigenvalue weighted by atomic mass is 14.9. The normalized spacial score (nSPS) is 22.8. The maximum atomic E-state index is 4.42. The van der Waals surface area contributed by atoms with E-state index in [9.17, 15) is 0 Å². The lowest BCUT2D eigenvalue weighted by atomic mass is 9.88. The average Bonchev–Trinajstić information content (AvgIpc) is 2.93. The second kappa shape index (κ2) is 5.92. The van der Waals surface area contributed by atoms with Crippen molar-refractivity contribution in [2.75, 3.05) is 6.54 Å². The van der Waals surface area contributed by atoms with Crippen molar-refractivity contribution in [2.45, 2.75) is 45.1 Å². The Morgan fingerprint density at radius 3 is 3.00 bits per heavy atom. The van der Waals surface area contributed by atoms with E-state index in [1.807, 2.05) is 12.3 Å². The van der Waals surface area contributed by atoms with Gasteiger partial charge in [-0.25, -0.2) is 0 Å². The van der Waals surface area contributed by atoms with E-state index >= 15 is 0 Å². The Labute approximate surface area is 121 Å². The molecule has 3 rings (SSSR count).